The Morgan fingerprint density at radius 3 is 2.62 bits per heavy atom. The van der Waals surface area contributed by atoms with Crippen LogP contribution in [0.4, 0.5) is 0 Å². The molecule has 214 valence electrons. The number of carbonyl (C=O) groups excluding carboxylic acids is 2. The number of fused-ring (bicyclic) bond motifs is 1. The molecule has 3 heterocycles. The molecule has 3 N–H and O–H groups in total. The number of nitrogens with zero attached hydrogens (tertiary/aromatic N) is 5. The molecule has 3 aromatic rings. The van der Waals surface area contributed by atoms with Crippen molar-refractivity contribution in [1.82, 2.24) is 30.1 Å². The Labute approximate surface area is 235 Å². The summed E-state index contributed by atoms with van der Waals surface area (Å²) >= 11 is 0. The van der Waals surface area contributed by atoms with Crippen LogP contribution >= 0.6 is 0 Å². The highest BCUT2D eigenvalue weighted by Crippen LogP contribution is 2.28. The average molecular weight is 548 g/mol. The lowest BCUT2D eigenvalue weighted by molar-refractivity contribution is -0.134. The molecule has 0 saturated carbocycles. The quantitative estimate of drug-likeness (QED) is 0.378. The number of amides is 2. The summed E-state index contributed by atoms with van der Waals surface area (Å²) in [5.41, 5.74) is 10.6. The number of aryl methyl sites for hydroxylation is 1. The van der Waals surface area contributed by atoms with Gasteiger partial charge in [-0.1, -0.05) is 23.4 Å². The van der Waals surface area contributed by atoms with E-state index in [0.29, 0.717) is 38.4 Å². The molecule has 1 aromatic heterocycles. The maximum atomic E-state index is 13.6. The molecule has 3 unspecified atom stereocenters. The summed E-state index contributed by atoms with van der Waals surface area (Å²) in [4.78, 5) is 30.0. The van der Waals surface area contributed by atoms with Gasteiger partial charge in [-0.05, 0) is 73.4 Å². The fourth-order valence-corrected chi connectivity index (χ4v) is 6.04. The van der Waals surface area contributed by atoms with E-state index in [-0.39, 0.29) is 17.9 Å². The van der Waals surface area contributed by atoms with E-state index in [4.69, 9.17) is 10.5 Å². The van der Waals surface area contributed by atoms with Crippen molar-refractivity contribution < 1.29 is 14.3 Å². The molecule has 2 aromatic carbocycles. The van der Waals surface area contributed by atoms with Crippen LogP contribution in [0, 0.1) is 5.92 Å². The van der Waals surface area contributed by atoms with Crippen molar-refractivity contribution in [2.24, 2.45) is 18.7 Å². The first-order chi connectivity index (χ1) is 19.4. The number of hydrogen-bond donors (Lipinski definition) is 2. The molecule has 10 nitrogen and oxygen atoms in total. The van der Waals surface area contributed by atoms with Gasteiger partial charge in [0, 0.05) is 52.2 Å². The van der Waals surface area contributed by atoms with Crippen LogP contribution in [0.1, 0.15) is 43.2 Å². The van der Waals surface area contributed by atoms with Gasteiger partial charge < -0.3 is 25.6 Å². The molecule has 2 amide bonds. The first-order valence-electron chi connectivity index (χ1n) is 14.4. The molecule has 5 rings (SSSR count). The van der Waals surface area contributed by atoms with Gasteiger partial charge in [0.1, 0.15) is 11.3 Å². The molecule has 3 atom stereocenters. The lowest BCUT2D eigenvalue weighted by Gasteiger charge is -2.28. The number of ether oxygens (including phenoxy) is 1. The predicted octanol–water partition coefficient (Wildman–Crippen LogP) is 2.26. The van der Waals surface area contributed by atoms with Gasteiger partial charge in [-0.15, -0.1) is 5.10 Å². The third kappa shape index (κ3) is 6.62. The van der Waals surface area contributed by atoms with Crippen molar-refractivity contribution in [2.75, 3.05) is 33.3 Å². The number of likely N-dealkylation sites (tertiary alicyclic amines) is 2. The van der Waals surface area contributed by atoms with E-state index < -0.39 is 6.04 Å². The highest BCUT2D eigenvalue weighted by molar-refractivity contribution is 5.83. The Morgan fingerprint density at radius 2 is 1.88 bits per heavy atom. The maximum Gasteiger partial charge on any atom is 0.239 e. The highest BCUT2D eigenvalue weighted by Gasteiger charge is 2.37. The second-order valence-electron chi connectivity index (χ2n) is 11.2. The highest BCUT2D eigenvalue weighted by atomic mass is 16.5. The first kappa shape index (κ1) is 28.0. The molecule has 10 heteroatoms. The van der Waals surface area contributed by atoms with Crippen LogP contribution < -0.4 is 15.8 Å². The van der Waals surface area contributed by atoms with E-state index in [9.17, 15) is 9.59 Å². The van der Waals surface area contributed by atoms with Gasteiger partial charge in [0.15, 0.2) is 0 Å². The normalized spacial score (nSPS) is 19.9. The number of nitrogens with two attached hydrogens (primary N) is 1. The van der Waals surface area contributed by atoms with Gasteiger partial charge in [0.05, 0.1) is 18.7 Å². The SMILES string of the molecule is COc1ccc(CC2CC(CNCc3ccc4c(c3)nnn4C)N(C(=O)C(N)CCC(=O)N3CCCC3)C2)cc1. The number of methoxy groups -OCH3 is 1. The molecule has 0 spiro atoms. The van der Waals surface area contributed by atoms with Gasteiger partial charge in [0.25, 0.3) is 0 Å². The molecular weight excluding hydrogens is 506 g/mol. The molecule has 0 radical (unpaired) electrons. The molecule has 0 bridgehead atoms. The van der Waals surface area contributed by atoms with Crippen LogP contribution in [0.5, 0.6) is 5.75 Å². The molecular formula is C30H41N7O3. The number of hydrogen-bond acceptors (Lipinski definition) is 7. The summed E-state index contributed by atoms with van der Waals surface area (Å²) in [6.07, 6.45) is 4.60. The van der Waals surface area contributed by atoms with Gasteiger partial charge in [-0.2, -0.15) is 0 Å². The summed E-state index contributed by atoms with van der Waals surface area (Å²) in [6, 6.07) is 13.7. The van der Waals surface area contributed by atoms with Gasteiger partial charge in [-0.3, -0.25) is 9.59 Å². The average Bonchev–Trinajstić information content (AvgIpc) is 3.73. The van der Waals surface area contributed by atoms with E-state index in [0.717, 1.165) is 61.1 Å². The Kier molecular flexibility index (Phi) is 8.96. The summed E-state index contributed by atoms with van der Waals surface area (Å²) < 4.78 is 7.06. The topological polar surface area (TPSA) is 119 Å². The Hall–Kier alpha value is -3.50. The number of aromatic nitrogens is 3. The summed E-state index contributed by atoms with van der Waals surface area (Å²) in [6.45, 7) is 3.64. The van der Waals surface area contributed by atoms with Gasteiger partial charge in [-0.25, -0.2) is 4.68 Å². The molecule has 40 heavy (non-hydrogen) atoms. The Morgan fingerprint density at radius 1 is 1.12 bits per heavy atom. The van der Waals surface area contributed by atoms with Crippen LogP contribution in [-0.2, 0) is 29.6 Å². The van der Waals surface area contributed by atoms with E-state index in [1.54, 1.807) is 11.8 Å². The minimum absolute atomic E-state index is 0.0383. The second kappa shape index (κ2) is 12.8. The van der Waals surface area contributed by atoms with Crippen LogP contribution in [0.25, 0.3) is 11.0 Å². The van der Waals surface area contributed by atoms with E-state index in [1.807, 2.05) is 41.1 Å². The minimum atomic E-state index is -0.673. The zero-order valence-electron chi connectivity index (χ0n) is 23.6. The van der Waals surface area contributed by atoms with Crippen LogP contribution in [-0.4, -0.2) is 82.0 Å². The fourth-order valence-electron chi connectivity index (χ4n) is 6.04. The number of benzene rings is 2. The Balaban J connectivity index is 1.21. The van der Waals surface area contributed by atoms with Crippen molar-refractivity contribution in [3.8, 4) is 5.75 Å². The largest absolute Gasteiger partial charge is 0.497 e. The lowest BCUT2D eigenvalue weighted by atomic mass is 9.96. The molecule has 2 aliphatic rings. The molecule has 0 aliphatic carbocycles. The minimum Gasteiger partial charge on any atom is -0.497 e. The smallest absolute Gasteiger partial charge is 0.239 e. The van der Waals surface area contributed by atoms with Crippen molar-refractivity contribution in [3.05, 3.63) is 53.6 Å². The van der Waals surface area contributed by atoms with Crippen LogP contribution in [0.15, 0.2) is 42.5 Å². The van der Waals surface area contributed by atoms with Crippen molar-refractivity contribution in [3.63, 3.8) is 0 Å². The van der Waals surface area contributed by atoms with E-state index in [2.05, 4.69) is 33.8 Å². The standard InChI is InChI=1S/C30H41N7O3/c1-35-28-11-7-22(17-27(28)33-34-35)18-32-19-24-16-23(15-21-5-8-25(40-2)9-6-21)20-37(24)30(39)26(31)10-12-29(38)36-13-3-4-14-36/h5-9,11,17,23-24,26,32H,3-4,10,12-16,18-20,31H2,1-2H3. The Bertz CT molecular complexity index is 1300. The van der Waals surface area contributed by atoms with E-state index in [1.165, 1.54) is 5.56 Å². The van der Waals surface area contributed by atoms with Gasteiger partial charge in [0.2, 0.25) is 11.8 Å². The second-order valence-corrected chi connectivity index (χ2v) is 11.2. The fraction of sp³-hybridized carbons (Fsp3) is 0.533. The van der Waals surface area contributed by atoms with Crippen molar-refractivity contribution in [2.45, 2.75) is 57.2 Å². The zero-order chi connectivity index (χ0) is 28.1. The third-order valence-corrected chi connectivity index (χ3v) is 8.30. The number of carbonyl (C=O) groups is 2. The van der Waals surface area contributed by atoms with Crippen LogP contribution in [0.3, 0.4) is 0 Å². The number of rotatable bonds is 11. The van der Waals surface area contributed by atoms with Gasteiger partial charge >= 0.3 is 0 Å². The monoisotopic (exact) mass is 547 g/mol. The summed E-state index contributed by atoms with van der Waals surface area (Å²) in [7, 11) is 3.55. The van der Waals surface area contributed by atoms with Crippen LogP contribution in [0.2, 0.25) is 0 Å². The van der Waals surface area contributed by atoms with E-state index >= 15 is 0 Å². The first-order valence-corrected chi connectivity index (χ1v) is 14.4. The molecule has 2 aliphatic heterocycles. The molecule has 2 saturated heterocycles. The summed E-state index contributed by atoms with van der Waals surface area (Å²) in [5, 5.41) is 11.9. The third-order valence-electron chi connectivity index (χ3n) is 8.30. The zero-order valence-corrected chi connectivity index (χ0v) is 23.6. The summed E-state index contributed by atoms with van der Waals surface area (Å²) in [5.74, 6) is 1.22. The van der Waals surface area contributed by atoms with Crippen molar-refractivity contribution in [1.29, 1.82) is 0 Å². The van der Waals surface area contributed by atoms with Crippen molar-refractivity contribution >= 4 is 22.8 Å². The predicted molar refractivity (Wildman–Crippen MR) is 154 cm³/mol. The maximum absolute atomic E-state index is 13.6. The molecule has 2 fully saturated rings. The lowest BCUT2D eigenvalue weighted by Crippen LogP contribution is -2.49. The number of nitrogens with one attached hydrogen (secondary N) is 1.